The Kier molecular flexibility index (Phi) is 19.0. The summed E-state index contributed by atoms with van der Waals surface area (Å²) in [5.41, 5.74) is -2.22. The fourth-order valence-electron chi connectivity index (χ4n) is 10.6. The first-order chi connectivity index (χ1) is 38.7. The van der Waals surface area contributed by atoms with Crippen LogP contribution in [0.4, 0.5) is 11.4 Å². The predicted octanol–water partition coefficient (Wildman–Crippen LogP) is 5.82. The van der Waals surface area contributed by atoms with E-state index in [1.807, 2.05) is 23.6 Å². The zero-order valence-corrected chi connectivity index (χ0v) is 47.7. The molecule has 5 N–H and O–H groups in total. The summed E-state index contributed by atoms with van der Waals surface area (Å²) >= 11 is 0. The van der Waals surface area contributed by atoms with Crippen LogP contribution >= 0.6 is 0 Å². The number of nitrogens with one attached hydrogen (secondary N) is 1. The van der Waals surface area contributed by atoms with E-state index in [4.69, 9.17) is 33.1 Å². The summed E-state index contributed by atoms with van der Waals surface area (Å²) in [6, 6.07) is 2.92. The Morgan fingerprint density at radius 3 is 2.24 bits per heavy atom. The second-order valence-electron chi connectivity index (χ2n) is 21.8. The number of carbonyl (C=O) groups is 6. The van der Waals surface area contributed by atoms with E-state index < -0.39 is 112 Å². The number of aldehydes is 2. The molecule has 22 heteroatoms. The molecule has 1 fully saturated rings. The van der Waals surface area contributed by atoms with Gasteiger partial charge >= 0.3 is 17.7 Å². The Bertz CT molecular complexity index is 3460. The van der Waals surface area contributed by atoms with Crippen LogP contribution in [-0.2, 0) is 47.7 Å². The molecule has 4 aromatic rings. The number of nitrogens with zero attached hydrogens (tertiary/aromatic N) is 3. The molecule has 3 aliphatic heterocycles. The van der Waals surface area contributed by atoms with E-state index in [0.717, 1.165) is 0 Å². The number of ether oxygens (including phenoxy) is 5. The van der Waals surface area contributed by atoms with Gasteiger partial charge in [0.1, 0.15) is 47.2 Å². The highest BCUT2D eigenvalue weighted by Crippen LogP contribution is 2.42. The maximum absolute atomic E-state index is 15.0. The highest BCUT2D eigenvalue weighted by molar-refractivity contribution is 6.17. The highest BCUT2D eigenvalue weighted by atomic mass is 16.7. The summed E-state index contributed by atoms with van der Waals surface area (Å²) in [6.45, 7) is 21.3. The van der Waals surface area contributed by atoms with Gasteiger partial charge in [-0.05, 0) is 44.8 Å². The molecule has 1 aromatic heterocycles. The maximum Gasteiger partial charge on any atom is 0.308 e. The van der Waals surface area contributed by atoms with E-state index >= 15 is 4.79 Å². The van der Waals surface area contributed by atoms with E-state index in [0.29, 0.717) is 44.4 Å². The van der Waals surface area contributed by atoms with Gasteiger partial charge in [-0.25, -0.2) is 4.98 Å². The van der Waals surface area contributed by atoms with Crippen LogP contribution < -0.4 is 31.0 Å². The van der Waals surface area contributed by atoms with Crippen molar-refractivity contribution in [3.63, 3.8) is 0 Å². The number of aliphatic hydroxyl groups excluding tert-OH is 3. The van der Waals surface area contributed by atoms with Crippen molar-refractivity contribution in [3.8, 4) is 11.5 Å². The average molecular weight is 1140 g/mol. The molecule has 5 bridgehead atoms. The van der Waals surface area contributed by atoms with Crippen molar-refractivity contribution in [2.45, 2.75) is 125 Å². The Labute approximate surface area is 472 Å². The van der Waals surface area contributed by atoms with Crippen molar-refractivity contribution < 1.29 is 77.3 Å². The molecule has 1 amide bonds. The van der Waals surface area contributed by atoms with Gasteiger partial charge in [-0.1, -0.05) is 52.8 Å². The van der Waals surface area contributed by atoms with Crippen LogP contribution in [0.3, 0.4) is 0 Å². The number of aromatic nitrogens is 1. The number of ketones is 1. The number of piperazine rings is 1. The van der Waals surface area contributed by atoms with Crippen LogP contribution in [0.25, 0.3) is 38.7 Å². The summed E-state index contributed by atoms with van der Waals surface area (Å²) in [5, 5.41) is 49.3. The minimum absolute atomic E-state index is 0.00800. The number of aromatic hydroxyl groups is 1. The van der Waals surface area contributed by atoms with Crippen LogP contribution in [0.5, 0.6) is 11.5 Å². The van der Waals surface area contributed by atoms with Crippen molar-refractivity contribution in [1.29, 1.82) is 0 Å². The molecule has 0 aliphatic carbocycles. The van der Waals surface area contributed by atoms with Gasteiger partial charge in [-0.3, -0.25) is 28.8 Å². The number of hydrogen-bond acceptors (Lipinski definition) is 21. The summed E-state index contributed by atoms with van der Waals surface area (Å²) < 4.78 is 35.9. The number of phenolic OH excluding ortho intramolecular Hbond substituents is 1. The van der Waals surface area contributed by atoms with Crippen molar-refractivity contribution >= 4 is 86.3 Å². The summed E-state index contributed by atoms with van der Waals surface area (Å²) in [4.78, 5) is 111. The van der Waals surface area contributed by atoms with Gasteiger partial charge in [-0.15, -0.1) is 0 Å². The molecule has 3 aromatic carbocycles. The number of fused-ring (bicyclic) bond motifs is 5. The van der Waals surface area contributed by atoms with Crippen molar-refractivity contribution in [3.05, 3.63) is 92.0 Å². The molecule has 4 heterocycles. The molecule has 3 aliphatic rings. The molecule has 1 unspecified atom stereocenters. The quantitative estimate of drug-likeness (QED) is 0.0189. The molecule has 1 saturated heterocycles. The van der Waals surface area contributed by atoms with Crippen LogP contribution in [0, 0.1) is 42.4 Å². The number of benzene rings is 3. The SMILES string of the molecule is C=C(OC(C)OC(=O)CCCC(=O)CC(C=O)C=O)N1CCN(c2cc(=O)c3nc4c(oc3c2)c2c(=O)c3c(O)c(C)c5c(c34)=C(O)[C@@](C)(O/C=C/[C@H](C)[C@@H](C)[C@@H](OC(C)=O)[C@H](C)[C@H](O)[C@H](C)[C@@H](O)[C@@H](C)/C=C/C=C(/C)C(=O)N2)O5)CC1. The van der Waals surface area contributed by atoms with Gasteiger partial charge < -0.3 is 73.2 Å². The normalized spacial score (nSPS) is 26.3. The molecule has 0 saturated carbocycles. The lowest BCUT2D eigenvalue weighted by molar-refractivity contribution is -0.171. The lowest BCUT2D eigenvalue weighted by Gasteiger charge is -2.38. The number of carbonyl (C=O) groups excluding carboxylic acids is 6. The second-order valence-corrected chi connectivity index (χ2v) is 21.8. The minimum Gasteiger partial charge on any atom is -0.507 e. The number of amides is 1. The Balaban J connectivity index is 1.25. The molecule has 7 rings (SSSR count). The number of allylic oxidation sites excluding steroid dienone is 3. The maximum atomic E-state index is 15.0. The first kappa shape index (κ1) is 61.5. The Hall–Kier alpha value is -8.11. The number of Topliss-reactive ketones (excluding diaryl/α,β-unsaturated/α-hetero) is 1. The Morgan fingerprint density at radius 1 is 0.902 bits per heavy atom. The molecule has 440 valence electrons. The average Bonchev–Trinajstić information content (AvgIpc) is 1.86. The topological polar surface area (TPSA) is 308 Å². The van der Waals surface area contributed by atoms with Crippen LogP contribution in [-0.4, -0.2) is 123 Å². The van der Waals surface area contributed by atoms with Crippen LogP contribution in [0.1, 0.15) is 93.6 Å². The summed E-state index contributed by atoms with van der Waals surface area (Å²) in [7, 11) is 0. The second kappa shape index (κ2) is 25.4. The lowest BCUT2D eigenvalue weighted by atomic mass is 9.77. The third-order valence-corrected chi connectivity index (χ3v) is 15.8. The number of phenols is 1. The van der Waals surface area contributed by atoms with E-state index in [-0.39, 0.29) is 92.4 Å². The van der Waals surface area contributed by atoms with Gasteiger partial charge in [0.15, 0.2) is 28.3 Å². The standard InChI is InChI=1S/C60H72N4O18/c1-29-18-23-77-60(11)58(75)47-45-46(53(73)35(7)56(47)82-60)54(74)50(62-59(76)31(3)15-12-14-30(2)51(71)33(5)52(72)34(6)55(32(29)4)79-37(9)67)57-49(45)61-48-42(69)25-40(26-43(48)81-57)64-21-19-63(20-22-64)36(8)78-38(10)80-44(70)17-13-16-41(68)24-39(27-65)28-66/h12,14-15,18,23,25-30,32-34,38-39,51-52,55,71-73,75H,8,13,16-17,19-22,24H2,1-7,9-11H3,(H,62,76)/b14-12+,23-18+,31-15-/t29-,30-,32+,33+,34+,38?,51-,52+,55+,60-/m0/s1. The molecule has 82 heavy (non-hydrogen) atoms. The number of aliphatic hydroxyl groups is 3. The summed E-state index contributed by atoms with van der Waals surface area (Å²) in [6.07, 6.45) is 4.16. The molecule has 0 spiro atoms. The van der Waals surface area contributed by atoms with Crippen LogP contribution in [0.15, 0.2) is 74.7 Å². The number of esters is 2. The lowest BCUT2D eigenvalue weighted by Crippen LogP contribution is -2.46. The van der Waals surface area contributed by atoms with Gasteiger partial charge in [-0.2, -0.15) is 0 Å². The fraction of sp³-hybridized carbons (Fsp3) is 0.483. The number of hydrogen-bond donors (Lipinski definition) is 5. The molecule has 22 nitrogen and oxygen atoms in total. The first-order valence-electron chi connectivity index (χ1n) is 27.3. The van der Waals surface area contributed by atoms with Gasteiger partial charge in [0.25, 0.3) is 5.91 Å². The van der Waals surface area contributed by atoms with E-state index in [9.17, 15) is 54.0 Å². The molecule has 10 atom stereocenters. The zero-order valence-electron chi connectivity index (χ0n) is 47.7. The fourth-order valence-corrected chi connectivity index (χ4v) is 10.6. The first-order valence-corrected chi connectivity index (χ1v) is 27.3. The largest absolute Gasteiger partial charge is 0.507 e. The van der Waals surface area contributed by atoms with Crippen molar-refractivity contribution in [1.82, 2.24) is 9.88 Å². The highest BCUT2D eigenvalue weighted by Gasteiger charge is 2.44. The van der Waals surface area contributed by atoms with E-state index in [2.05, 4.69) is 11.9 Å². The third kappa shape index (κ3) is 12.8. The Morgan fingerprint density at radius 2 is 1.59 bits per heavy atom. The van der Waals surface area contributed by atoms with E-state index in [1.54, 1.807) is 45.1 Å². The summed E-state index contributed by atoms with van der Waals surface area (Å²) in [5.74, 6) is -9.03. The van der Waals surface area contributed by atoms with Crippen LogP contribution in [0.2, 0.25) is 0 Å². The predicted molar refractivity (Wildman–Crippen MR) is 302 cm³/mol. The van der Waals surface area contributed by atoms with Crippen molar-refractivity contribution in [2.24, 2.45) is 35.5 Å². The van der Waals surface area contributed by atoms with Gasteiger partial charge in [0, 0.05) is 118 Å². The molecular formula is C60H72N4O18. The van der Waals surface area contributed by atoms with Crippen molar-refractivity contribution in [2.75, 3.05) is 36.4 Å². The molecule has 0 radical (unpaired) electrons. The monoisotopic (exact) mass is 1140 g/mol. The minimum atomic E-state index is -1.99. The smallest absolute Gasteiger partial charge is 0.308 e. The van der Waals surface area contributed by atoms with Gasteiger partial charge in [0.05, 0.1) is 35.0 Å². The third-order valence-electron chi connectivity index (χ3n) is 15.8. The zero-order chi connectivity index (χ0) is 60.2. The number of anilines is 2. The van der Waals surface area contributed by atoms with E-state index in [1.165, 1.54) is 53.0 Å². The van der Waals surface area contributed by atoms with Gasteiger partial charge in [0.2, 0.25) is 17.1 Å². The molecular weight excluding hydrogens is 1060 g/mol. The number of rotatable bonds is 14.